The van der Waals surface area contributed by atoms with Crippen LogP contribution in [0.2, 0.25) is 10.0 Å². The molecule has 0 bridgehead atoms. The molecule has 4 nitrogen and oxygen atoms in total. The molecule has 0 spiro atoms. The van der Waals surface area contributed by atoms with Crippen molar-refractivity contribution in [1.82, 2.24) is 5.32 Å². The van der Waals surface area contributed by atoms with E-state index in [0.29, 0.717) is 22.2 Å². The van der Waals surface area contributed by atoms with Crippen LogP contribution < -0.4 is 5.32 Å². The van der Waals surface area contributed by atoms with Crippen molar-refractivity contribution < 1.29 is 14.3 Å². The lowest BCUT2D eigenvalue weighted by Crippen LogP contribution is -2.28. The summed E-state index contributed by atoms with van der Waals surface area (Å²) >= 11 is 11.7. The number of hydrogen-bond donors (Lipinski definition) is 1. The Hall–Kier alpha value is -2.04. The van der Waals surface area contributed by atoms with Gasteiger partial charge in [-0.1, -0.05) is 53.5 Å². The zero-order valence-corrected chi connectivity index (χ0v) is 14.7. The van der Waals surface area contributed by atoms with Gasteiger partial charge in [0.05, 0.1) is 16.5 Å². The number of nitrogens with one attached hydrogen (secondary N) is 1. The van der Waals surface area contributed by atoms with Crippen molar-refractivity contribution in [3.63, 3.8) is 0 Å². The number of esters is 1. The van der Waals surface area contributed by atoms with E-state index in [-0.39, 0.29) is 18.9 Å². The van der Waals surface area contributed by atoms with Crippen LogP contribution in [-0.2, 0) is 27.3 Å². The van der Waals surface area contributed by atoms with Crippen molar-refractivity contribution in [3.05, 3.63) is 69.2 Å². The van der Waals surface area contributed by atoms with E-state index in [2.05, 4.69) is 5.32 Å². The molecule has 2 rings (SSSR count). The number of amides is 1. The maximum absolute atomic E-state index is 11.8. The molecule has 0 atom stereocenters. The molecule has 0 aliphatic heterocycles. The van der Waals surface area contributed by atoms with Gasteiger partial charge in [0.15, 0.2) is 6.61 Å². The predicted molar refractivity (Wildman–Crippen MR) is 94.2 cm³/mol. The molecule has 0 heterocycles. The lowest BCUT2D eigenvalue weighted by Gasteiger charge is -2.09. The molecule has 0 aliphatic rings. The van der Waals surface area contributed by atoms with Gasteiger partial charge in [0.1, 0.15) is 0 Å². The zero-order valence-electron chi connectivity index (χ0n) is 13.1. The van der Waals surface area contributed by atoms with Gasteiger partial charge in [-0.15, -0.1) is 0 Å². The number of halogens is 2. The Bertz CT molecular complexity index is 747. The molecule has 126 valence electrons. The second-order valence-electron chi connectivity index (χ2n) is 5.29. The summed E-state index contributed by atoms with van der Waals surface area (Å²) in [7, 11) is 0. The standard InChI is InChI=1S/C18H17Cl2NO3/c1-12-4-2-3-5-14(12)10-21-17(22)11-24-18(23)9-13-6-7-15(19)16(20)8-13/h2-8H,9-11H2,1H3,(H,21,22). The minimum atomic E-state index is -0.501. The predicted octanol–water partition coefficient (Wildman–Crippen LogP) is 3.70. The monoisotopic (exact) mass is 365 g/mol. The molecule has 0 unspecified atom stereocenters. The van der Waals surface area contributed by atoms with Crippen LogP contribution in [0.1, 0.15) is 16.7 Å². The normalized spacial score (nSPS) is 10.3. The minimum Gasteiger partial charge on any atom is -0.455 e. The topological polar surface area (TPSA) is 55.4 Å². The first kappa shape index (κ1) is 18.3. The summed E-state index contributed by atoms with van der Waals surface area (Å²) < 4.78 is 4.97. The highest BCUT2D eigenvalue weighted by Crippen LogP contribution is 2.22. The zero-order chi connectivity index (χ0) is 17.5. The van der Waals surface area contributed by atoms with Gasteiger partial charge >= 0.3 is 5.97 Å². The molecule has 2 aromatic carbocycles. The molecule has 0 aromatic heterocycles. The van der Waals surface area contributed by atoms with Gasteiger partial charge < -0.3 is 10.1 Å². The largest absolute Gasteiger partial charge is 0.455 e. The molecule has 24 heavy (non-hydrogen) atoms. The molecule has 0 saturated carbocycles. The van der Waals surface area contributed by atoms with Crippen LogP contribution in [0.3, 0.4) is 0 Å². The molecule has 1 amide bonds. The number of rotatable bonds is 6. The molecule has 2 aromatic rings. The van der Waals surface area contributed by atoms with Crippen LogP contribution in [-0.4, -0.2) is 18.5 Å². The number of carbonyl (C=O) groups excluding carboxylic acids is 2. The lowest BCUT2D eigenvalue weighted by atomic mass is 10.1. The second kappa shape index (κ2) is 8.71. The van der Waals surface area contributed by atoms with Crippen LogP contribution in [0.4, 0.5) is 0 Å². The van der Waals surface area contributed by atoms with Crippen LogP contribution in [0.5, 0.6) is 0 Å². The van der Waals surface area contributed by atoms with Crippen LogP contribution in [0.25, 0.3) is 0 Å². The van der Waals surface area contributed by atoms with E-state index in [1.54, 1.807) is 18.2 Å². The fraction of sp³-hybridized carbons (Fsp3) is 0.222. The smallest absolute Gasteiger partial charge is 0.310 e. The molecular formula is C18H17Cl2NO3. The van der Waals surface area contributed by atoms with E-state index in [0.717, 1.165) is 11.1 Å². The van der Waals surface area contributed by atoms with Crippen molar-refractivity contribution >= 4 is 35.1 Å². The van der Waals surface area contributed by atoms with Crippen molar-refractivity contribution in [3.8, 4) is 0 Å². The van der Waals surface area contributed by atoms with Crippen molar-refractivity contribution in [2.24, 2.45) is 0 Å². The first-order valence-electron chi connectivity index (χ1n) is 7.36. The molecule has 0 fully saturated rings. The van der Waals surface area contributed by atoms with E-state index < -0.39 is 5.97 Å². The molecule has 0 radical (unpaired) electrons. The van der Waals surface area contributed by atoms with Crippen molar-refractivity contribution in [1.29, 1.82) is 0 Å². The molecular weight excluding hydrogens is 349 g/mol. The van der Waals surface area contributed by atoms with Crippen molar-refractivity contribution in [2.75, 3.05) is 6.61 Å². The first-order chi connectivity index (χ1) is 11.5. The summed E-state index contributed by atoms with van der Waals surface area (Å²) in [5.74, 6) is -0.847. The SMILES string of the molecule is Cc1ccccc1CNC(=O)COC(=O)Cc1ccc(Cl)c(Cl)c1. The average Bonchev–Trinajstić information content (AvgIpc) is 2.55. The highest BCUT2D eigenvalue weighted by atomic mass is 35.5. The van der Waals surface area contributed by atoms with Gasteiger partial charge in [-0.05, 0) is 35.7 Å². The van der Waals surface area contributed by atoms with E-state index in [1.807, 2.05) is 31.2 Å². The van der Waals surface area contributed by atoms with Crippen LogP contribution in [0.15, 0.2) is 42.5 Å². The first-order valence-corrected chi connectivity index (χ1v) is 8.12. The van der Waals surface area contributed by atoms with Crippen LogP contribution >= 0.6 is 23.2 Å². The summed E-state index contributed by atoms with van der Waals surface area (Å²) in [6.45, 7) is 2.06. The van der Waals surface area contributed by atoms with Gasteiger partial charge in [-0.25, -0.2) is 0 Å². The van der Waals surface area contributed by atoms with Gasteiger partial charge in [0, 0.05) is 6.54 Å². The van der Waals surface area contributed by atoms with E-state index in [1.165, 1.54) is 0 Å². The molecule has 6 heteroatoms. The molecule has 0 saturated heterocycles. The number of benzene rings is 2. The van der Waals surface area contributed by atoms with Crippen LogP contribution in [0, 0.1) is 6.92 Å². The third kappa shape index (κ3) is 5.55. The number of carbonyl (C=O) groups is 2. The van der Waals surface area contributed by atoms with Gasteiger partial charge in [-0.3, -0.25) is 9.59 Å². The van der Waals surface area contributed by atoms with Gasteiger partial charge in [0.2, 0.25) is 0 Å². The van der Waals surface area contributed by atoms with E-state index in [4.69, 9.17) is 27.9 Å². The third-order valence-corrected chi connectivity index (χ3v) is 4.17. The average molecular weight is 366 g/mol. The summed E-state index contributed by atoms with van der Waals surface area (Å²) in [5.41, 5.74) is 2.79. The lowest BCUT2D eigenvalue weighted by molar-refractivity contribution is -0.147. The Kier molecular flexibility index (Phi) is 6.64. The van der Waals surface area contributed by atoms with E-state index in [9.17, 15) is 9.59 Å². The Morgan fingerprint density at radius 3 is 2.54 bits per heavy atom. The van der Waals surface area contributed by atoms with Gasteiger partial charge in [-0.2, -0.15) is 0 Å². The Labute approximate surface area is 150 Å². The number of ether oxygens (including phenoxy) is 1. The summed E-state index contributed by atoms with van der Waals surface area (Å²) in [5, 5.41) is 3.51. The number of aryl methyl sites for hydroxylation is 1. The summed E-state index contributed by atoms with van der Waals surface area (Å²) in [4.78, 5) is 23.5. The highest BCUT2D eigenvalue weighted by Gasteiger charge is 2.10. The highest BCUT2D eigenvalue weighted by molar-refractivity contribution is 6.42. The number of hydrogen-bond acceptors (Lipinski definition) is 3. The third-order valence-electron chi connectivity index (χ3n) is 3.43. The Balaban J connectivity index is 1.76. The van der Waals surface area contributed by atoms with Crippen molar-refractivity contribution in [2.45, 2.75) is 19.9 Å². The molecule has 0 aliphatic carbocycles. The Morgan fingerprint density at radius 1 is 1.08 bits per heavy atom. The van der Waals surface area contributed by atoms with Gasteiger partial charge in [0.25, 0.3) is 5.91 Å². The fourth-order valence-electron chi connectivity index (χ4n) is 2.07. The second-order valence-corrected chi connectivity index (χ2v) is 6.10. The van der Waals surface area contributed by atoms with E-state index >= 15 is 0 Å². The summed E-state index contributed by atoms with van der Waals surface area (Å²) in [6, 6.07) is 12.7. The minimum absolute atomic E-state index is 0.0297. The maximum atomic E-state index is 11.8. The Morgan fingerprint density at radius 2 is 1.83 bits per heavy atom. The summed E-state index contributed by atoms with van der Waals surface area (Å²) in [6.07, 6.45) is 0.0297. The quantitative estimate of drug-likeness (QED) is 0.793. The fourth-order valence-corrected chi connectivity index (χ4v) is 2.39. The molecule has 1 N–H and O–H groups in total. The maximum Gasteiger partial charge on any atom is 0.310 e.